The predicted molar refractivity (Wildman–Crippen MR) is 126 cm³/mol. The number of thioether (sulfide) groups is 1. The number of aromatic carboxylic acids is 1. The Hall–Kier alpha value is -3.43. The van der Waals surface area contributed by atoms with E-state index in [2.05, 4.69) is 5.32 Å². The number of carboxylic acids is 1. The second-order valence-electron chi connectivity index (χ2n) is 6.95. The van der Waals surface area contributed by atoms with Crippen LogP contribution in [0.2, 0.25) is 0 Å². The number of nitrogens with one attached hydrogen (secondary N) is 1. The molecular weight excluding hydrogens is 448 g/mol. The number of carboxylic acid groups (broad SMARTS) is 1. The minimum Gasteiger partial charge on any atom is -0.872 e. The van der Waals surface area contributed by atoms with E-state index in [-0.39, 0.29) is 30.1 Å². The van der Waals surface area contributed by atoms with Crippen LogP contribution in [0.5, 0.6) is 5.75 Å². The van der Waals surface area contributed by atoms with Crippen molar-refractivity contribution in [3.8, 4) is 5.75 Å². The first-order chi connectivity index (χ1) is 15.2. The Morgan fingerprint density at radius 1 is 1.22 bits per heavy atom. The van der Waals surface area contributed by atoms with Gasteiger partial charge in [0.05, 0.1) is 10.5 Å². The number of rotatable bonds is 7. The van der Waals surface area contributed by atoms with Gasteiger partial charge >= 0.3 is 5.97 Å². The first kappa shape index (κ1) is 23.2. The van der Waals surface area contributed by atoms with Crippen molar-refractivity contribution >= 4 is 57.8 Å². The van der Waals surface area contributed by atoms with Gasteiger partial charge in [-0.25, -0.2) is 4.79 Å². The number of thiocarbonyl (C=S) groups is 1. The number of hydrogen-bond acceptors (Lipinski definition) is 6. The average molecular weight is 468 g/mol. The van der Waals surface area contributed by atoms with Gasteiger partial charge < -0.3 is 15.5 Å². The van der Waals surface area contributed by atoms with Crippen molar-refractivity contribution in [2.45, 2.75) is 13.3 Å². The smallest absolute Gasteiger partial charge is 0.335 e. The Morgan fingerprint density at radius 3 is 2.59 bits per heavy atom. The Balaban J connectivity index is 1.59. The molecule has 0 unspecified atom stereocenters. The molecule has 0 bridgehead atoms. The van der Waals surface area contributed by atoms with Gasteiger partial charge in [-0.3, -0.25) is 14.5 Å². The highest BCUT2D eigenvalue weighted by Gasteiger charge is 2.32. The van der Waals surface area contributed by atoms with Crippen LogP contribution in [0.25, 0.3) is 6.08 Å². The molecule has 0 spiro atoms. The van der Waals surface area contributed by atoms with Crippen LogP contribution >= 0.6 is 24.0 Å². The van der Waals surface area contributed by atoms with Crippen LogP contribution in [0.1, 0.15) is 29.3 Å². The largest absolute Gasteiger partial charge is 0.872 e. The highest BCUT2D eigenvalue weighted by Crippen LogP contribution is 2.32. The van der Waals surface area contributed by atoms with Gasteiger partial charge in [0.2, 0.25) is 5.91 Å². The van der Waals surface area contributed by atoms with Crippen molar-refractivity contribution in [2.75, 3.05) is 11.9 Å². The van der Waals surface area contributed by atoms with Crippen molar-refractivity contribution in [3.05, 3.63) is 76.2 Å². The molecule has 2 N–H and O–H groups in total. The van der Waals surface area contributed by atoms with Crippen molar-refractivity contribution in [3.63, 3.8) is 0 Å². The number of allylic oxidation sites excluding steroid dienone is 2. The molecule has 1 fully saturated rings. The van der Waals surface area contributed by atoms with E-state index in [0.717, 1.165) is 23.3 Å². The molecule has 2 aromatic carbocycles. The fourth-order valence-corrected chi connectivity index (χ4v) is 4.33. The minimum absolute atomic E-state index is 0.0343. The maximum atomic E-state index is 12.7. The molecule has 0 saturated carbocycles. The molecule has 2 aromatic rings. The quantitative estimate of drug-likeness (QED) is 0.473. The van der Waals surface area contributed by atoms with Crippen molar-refractivity contribution < 1.29 is 24.6 Å². The predicted octanol–water partition coefficient (Wildman–Crippen LogP) is 3.63. The molecule has 9 heteroatoms. The monoisotopic (exact) mass is 467 g/mol. The lowest BCUT2D eigenvalue weighted by Crippen LogP contribution is -2.31. The zero-order valence-electron chi connectivity index (χ0n) is 17.0. The highest BCUT2D eigenvalue weighted by atomic mass is 32.2. The standard InChI is InChI=1S/C23H20N2O5S2/c1-14(11-15-5-3-2-4-6-15)12-19-21(28)25(23(31)32-19)10-9-20(27)24-16-7-8-17(22(29)30)18(26)13-16/h2-8,11-13,26H,9-10H2,1H3,(H,24,27)(H,29,30)/p-1/b14-11-,19-12+. The summed E-state index contributed by atoms with van der Waals surface area (Å²) in [5.74, 6) is -2.72. The summed E-state index contributed by atoms with van der Waals surface area (Å²) < 4.78 is 0.370. The van der Waals surface area contributed by atoms with Gasteiger partial charge in [-0.2, -0.15) is 0 Å². The fraction of sp³-hybridized carbons (Fsp3) is 0.130. The van der Waals surface area contributed by atoms with E-state index >= 15 is 0 Å². The van der Waals surface area contributed by atoms with Gasteiger partial charge in [0.15, 0.2) is 0 Å². The topological polar surface area (TPSA) is 110 Å². The van der Waals surface area contributed by atoms with E-state index in [0.29, 0.717) is 9.23 Å². The Bertz CT molecular complexity index is 1140. The number of carbonyl (C=O) groups excluding carboxylic acids is 2. The summed E-state index contributed by atoms with van der Waals surface area (Å²) >= 11 is 6.48. The van der Waals surface area contributed by atoms with Gasteiger partial charge in [0.1, 0.15) is 4.32 Å². The van der Waals surface area contributed by atoms with E-state index in [1.54, 1.807) is 6.08 Å². The van der Waals surface area contributed by atoms with Crippen LogP contribution in [0.4, 0.5) is 5.69 Å². The van der Waals surface area contributed by atoms with Gasteiger partial charge in [-0.1, -0.05) is 66.1 Å². The number of benzene rings is 2. The molecule has 1 heterocycles. The highest BCUT2D eigenvalue weighted by molar-refractivity contribution is 8.26. The Morgan fingerprint density at radius 2 is 1.94 bits per heavy atom. The lowest BCUT2D eigenvalue weighted by Gasteiger charge is -2.15. The fourth-order valence-electron chi connectivity index (χ4n) is 2.97. The van der Waals surface area contributed by atoms with Crippen molar-refractivity contribution in [2.24, 2.45) is 0 Å². The number of hydrogen-bond donors (Lipinski definition) is 2. The van der Waals surface area contributed by atoms with Crippen LogP contribution in [0, 0.1) is 0 Å². The normalized spacial score (nSPS) is 15.3. The zero-order chi connectivity index (χ0) is 23.3. The number of nitrogens with zero attached hydrogens (tertiary/aromatic N) is 1. The number of anilines is 1. The van der Waals surface area contributed by atoms with Crippen LogP contribution in [-0.2, 0) is 9.59 Å². The van der Waals surface area contributed by atoms with Crippen LogP contribution < -0.4 is 10.4 Å². The number of amides is 2. The van der Waals surface area contributed by atoms with Gasteiger partial charge in [-0.05, 0) is 42.3 Å². The maximum Gasteiger partial charge on any atom is 0.335 e. The minimum atomic E-state index is -1.33. The molecule has 7 nitrogen and oxygen atoms in total. The second kappa shape index (κ2) is 10.3. The summed E-state index contributed by atoms with van der Waals surface area (Å²) in [5, 5.41) is 23.2. The van der Waals surface area contributed by atoms with Gasteiger partial charge in [0, 0.05) is 18.7 Å². The van der Waals surface area contributed by atoms with Gasteiger partial charge in [-0.15, -0.1) is 0 Å². The maximum absolute atomic E-state index is 12.7. The molecule has 164 valence electrons. The summed E-state index contributed by atoms with van der Waals surface area (Å²) in [5.41, 5.74) is 1.74. The van der Waals surface area contributed by atoms with E-state index in [9.17, 15) is 19.5 Å². The van der Waals surface area contributed by atoms with Crippen LogP contribution in [0.3, 0.4) is 0 Å². The Labute approximate surface area is 194 Å². The molecule has 0 aliphatic carbocycles. The first-order valence-corrected chi connectivity index (χ1v) is 10.8. The summed E-state index contributed by atoms with van der Waals surface area (Å²) in [4.78, 5) is 37.7. The van der Waals surface area contributed by atoms with Crippen LogP contribution in [-0.4, -0.2) is 38.7 Å². The van der Waals surface area contributed by atoms with Crippen LogP contribution in [0.15, 0.2) is 65.1 Å². The number of carbonyl (C=O) groups is 3. The van der Waals surface area contributed by atoms with E-state index in [1.165, 1.54) is 22.7 Å². The zero-order valence-corrected chi connectivity index (χ0v) is 18.7. The molecular formula is C23H19N2O5S2-. The average Bonchev–Trinajstić information content (AvgIpc) is 2.99. The SMILES string of the molecule is CC(=C/c1ccccc1)/C=C1/SC(=S)N(CCC(=O)Nc2ccc(C(=O)O)c([O-])c2)C1=O. The summed E-state index contributed by atoms with van der Waals surface area (Å²) in [7, 11) is 0. The van der Waals surface area contributed by atoms with E-state index < -0.39 is 17.6 Å². The molecule has 1 aliphatic heterocycles. The third-order valence-corrected chi connectivity index (χ3v) is 5.86. The van der Waals surface area contributed by atoms with E-state index in [1.807, 2.05) is 43.3 Å². The molecule has 2 amide bonds. The molecule has 0 aromatic heterocycles. The second-order valence-corrected chi connectivity index (χ2v) is 8.62. The lowest BCUT2D eigenvalue weighted by atomic mass is 10.1. The summed E-state index contributed by atoms with van der Waals surface area (Å²) in [6, 6.07) is 13.2. The van der Waals surface area contributed by atoms with Crippen molar-refractivity contribution in [1.29, 1.82) is 0 Å². The Kier molecular flexibility index (Phi) is 7.45. The molecule has 0 radical (unpaired) electrons. The molecule has 3 rings (SSSR count). The molecule has 1 aliphatic rings. The summed E-state index contributed by atoms with van der Waals surface area (Å²) in [6.07, 6.45) is 3.69. The van der Waals surface area contributed by atoms with E-state index in [4.69, 9.17) is 17.3 Å². The molecule has 32 heavy (non-hydrogen) atoms. The van der Waals surface area contributed by atoms with Gasteiger partial charge in [0.25, 0.3) is 5.91 Å². The van der Waals surface area contributed by atoms with Crippen molar-refractivity contribution in [1.82, 2.24) is 4.90 Å². The third-order valence-electron chi connectivity index (χ3n) is 4.48. The molecule has 0 atom stereocenters. The molecule has 1 saturated heterocycles. The first-order valence-electron chi connectivity index (χ1n) is 9.57. The lowest BCUT2D eigenvalue weighted by molar-refractivity contribution is -0.268. The third kappa shape index (κ3) is 5.83. The summed E-state index contributed by atoms with van der Waals surface area (Å²) in [6.45, 7) is 1.99.